The highest BCUT2D eigenvalue weighted by Gasteiger charge is 2.18. The molecule has 5 heteroatoms. The number of ether oxygens (including phenoxy) is 3. The van der Waals surface area contributed by atoms with E-state index >= 15 is 0 Å². The lowest BCUT2D eigenvalue weighted by atomic mass is 10.0. The number of benzene rings is 1. The van der Waals surface area contributed by atoms with Gasteiger partial charge in [-0.25, -0.2) is 4.79 Å². The van der Waals surface area contributed by atoms with Crippen LogP contribution in [0.25, 0.3) is 12.2 Å². The van der Waals surface area contributed by atoms with E-state index in [0.29, 0.717) is 22.6 Å². The predicted molar refractivity (Wildman–Crippen MR) is 78.5 cm³/mol. The molecule has 0 unspecified atom stereocenters. The molecule has 2 aromatic rings. The summed E-state index contributed by atoms with van der Waals surface area (Å²) in [5.74, 6) is 0.515. The number of methoxy groups -OCH3 is 3. The van der Waals surface area contributed by atoms with E-state index in [2.05, 4.69) is 0 Å². The van der Waals surface area contributed by atoms with Crippen molar-refractivity contribution in [2.24, 2.45) is 0 Å². The number of hydrogen-bond acceptors (Lipinski definition) is 5. The van der Waals surface area contributed by atoms with Crippen LogP contribution in [0.4, 0.5) is 0 Å². The second kappa shape index (κ2) is 6.65. The van der Waals surface area contributed by atoms with E-state index in [1.54, 1.807) is 37.8 Å². The van der Waals surface area contributed by atoms with E-state index in [1.807, 2.05) is 12.1 Å². The molecule has 21 heavy (non-hydrogen) atoms. The Bertz CT molecular complexity index is 641. The van der Waals surface area contributed by atoms with Crippen molar-refractivity contribution in [2.45, 2.75) is 0 Å². The number of carbonyl (C=O) groups is 1. The van der Waals surface area contributed by atoms with Crippen LogP contribution in [0, 0.1) is 0 Å². The highest BCUT2D eigenvalue weighted by atomic mass is 16.5. The minimum atomic E-state index is -0.471. The van der Waals surface area contributed by atoms with Gasteiger partial charge in [0.05, 0.1) is 33.9 Å². The second-order valence-corrected chi connectivity index (χ2v) is 4.18. The normalized spacial score (nSPS) is 10.6. The third-order valence-corrected chi connectivity index (χ3v) is 2.95. The summed E-state index contributed by atoms with van der Waals surface area (Å²) in [7, 11) is 4.37. The minimum Gasteiger partial charge on any atom is -0.497 e. The smallest absolute Gasteiger partial charge is 0.342 e. The Hall–Kier alpha value is -2.69. The first-order valence-electron chi connectivity index (χ1n) is 6.24. The molecule has 1 aromatic heterocycles. The molecule has 2 rings (SSSR count). The number of furan rings is 1. The van der Waals surface area contributed by atoms with Crippen LogP contribution >= 0.6 is 0 Å². The van der Waals surface area contributed by atoms with Crippen molar-refractivity contribution in [3.8, 4) is 11.5 Å². The van der Waals surface area contributed by atoms with Gasteiger partial charge in [0.1, 0.15) is 17.1 Å². The van der Waals surface area contributed by atoms with E-state index in [1.165, 1.54) is 14.2 Å². The Morgan fingerprint density at radius 1 is 1.14 bits per heavy atom. The average molecular weight is 288 g/mol. The van der Waals surface area contributed by atoms with Crippen LogP contribution in [0.1, 0.15) is 21.5 Å². The van der Waals surface area contributed by atoms with Gasteiger partial charge < -0.3 is 18.6 Å². The molecule has 0 saturated heterocycles. The van der Waals surface area contributed by atoms with Gasteiger partial charge in [-0.2, -0.15) is 0 Å². The van der Waals surface area contributed by atoms with Gasteiger partial charge in [0.15, 0.2) is 0 Å². The summed E-state index contributed by atoms with van der Waals surface area (Å²) < 4.78 is 20.3. The maximum Gasteiger partial charge on any atom is 0.342 e. The van der Waals surface area contributed by atoms with E-state index in [4.69, 9.17) is 18.6 Å². The topological polar surface area (TPSA) is 57.9 Å². The van der Waals surface area contributed by atoms with Crippen LogP contribution in [-0.2, 0) is 4.74 Å². The van der Waals surface area contributed by atoms with Crippen LogP contribution in [0.5, 0.6) is 11.5 Å². The zero-order valence-corrected chi connectivity index (χ0v) is 12.1. The van der Waals surface area contributed by atoms with Gasteiger partial charge in [0, 0.05) is 11.6 Å². The zero-order chi connectivity index (χ0) is 15.2. The molecule has 0 bridgehead atoms. The molecule has 0 spiro atoms. The lowest BCUT2D eigenvalue weighted by Crippen LogP contribution is -2.07. The quantitative estimate of drug-likeness (QED) is 0.790. The Balaban J connectivity index is 2.52. The maximum absolute atomic E-state index is 12.0. The van der Waals surface area contributed by atoms with Crippen molar-refractivity contribution in [2.75, 3.05) is 21.3 Å². The second-order valence-electron chi connectivity index (χ2n) is 4.18. The minimum absolute atomic E-state index is 0.348. The van der Waals surface area contributed by atoms with Crippen molar-refractivity contribution < 1.29 is 23.4 Å². The molecule has 0 aliphatic carbocycles. The number of rotatable bonds is 5. The first-order valence-corrected chi connectivity index (χ1v) is 6.24. The van der Waals surface area contributed by atoms with Crippen molar-refractivity contribution >= 4 is 18.1 Å². The molecule has 0 amide bonds. The summed E-state index contributed by atoms with van der Waals surface area (Å²) >= 11 is 0. The highest BCUT2D eigenvalue weighted by molar-refractivity contribution is 5.98. The summed E-state index contributed by atoms with van der Waals surface area (Å²) in [4.78, 5) is 12.0. The van der Waals surface area contributed by atoms with E-state index in [9.17, 15) is 4.79 Å². The van der Waals surface area contributed by atoms with Crippen molar-refractivity contribution in [3.05, 3.63) is 47.4 Å². The molecule has 110 valence electrons. The Kier molecular flexibility index (Phi) is 4.66. The van der Waals surface area contributed by atoms with Crippen molar-refractivity contribution in [1.29, 1.82) is 0 Å². The Morgan fingerprint density at radius 2 is 1.95 bits per heavy atom. The Labute approximate surface area is 122 Å². The summed E-state index contributed by atoms with van der Waals surface area (Å²) in [6, 6.07) is 5.19. The molecule has 0 atom stereocenters. The molecule has 0 N–H and O–H groups in total. The van der Waals surface area contributed by atoms with Gasteiger partial charge in [0.25, 0.3) is 0 Å². The number of esters is 1. The fraction of sp³-hybridized carbons (Fsp3) is 0.188. The fourth-order valence-corrected chi connectivity index (χ4v) is 1.90. The third-order valence-electron chi connectivity index (χ3n) is 2.95. The first kappa shape index (κ1) is 14.7. The van der Waals surface area contributed by atoms with Crippen LogP contribution in [0.15, 0.2) is 35.1 Å². The zero-order valence-electron chi connectivity index (χ0n) is 12.1. The molecule has 0 aliphatic heterocycles. The average Bonchev–Trinajstić information content (AvgIpc) is 3.04. The molecule has 1 aromatic carbocycles. The fourth-order valence-electron chi connectivity index (χ4n) is 1.90. The van der Waals surface area contributed by atoms with Crippen LogP contribution < -0.4 is 9.47 Å². The Morgan fingerprint density at radius 3 is 2.52 bits per heavy atom. The maximum atomic E-state index is 12.0. The van der Waals surface area contributed by atoms with Crippen LogP contribution in [0.3, 0.4) is 0 Å². The van der Waals surface area contributed by atoms with E-state index in [-0.39, 0.29) is 0 Å². The molecular weight excluding hydrogens is 272 g/mol. The SMILES string of the molecule is COC(=O)c1c(/C=C/c2ccoc2)cc(OC)cc1OC. The van der Waals surface area contributed by atoms with Gasteiger partial charge >= 0.3 is 5.97 Å². The van der Waals surface area contributed by atoms with Crippen LogP contribution in [0.2, 0.25) is 0 Å². The van der Waals surface area contributed by atoms with Gasteiger partial charge in [-0.3, -0.25) is 0 Å². The standard InChI is InChI=1S/C16H16O5/c1-18-13-8-12(5-4-11-6-7-21-10-11)15(16(17)20-3)14(9-13)19-2/h4-10H,1-3H3/b5-4+. The molecule has 0 aliphatic rings. The number of hydrogen-bond donors (Lipinski definition) is 0. The largest absolute Gasteiger partial charge is 0.497 e. The van der Waals surface area contributed by atoms with Crippen molar-refractivity contribution in [1.82, 2.24) is 0 Å². The van der Waals surface area contributed by atoms with E-state index < -0.39 is 5.97 Å². The molecule has 0 fully saturated rings. The lowest BCUT2D eigenvalue weighted by Gasteiger charge is -2.12. The predicted octanol–water partition coefficient (Wildman–Crippen LogP) is 3.25. The lowest BCUT2D eigenvalue weighted by molar-refractivity contribution is 0.0597. The molecule has 0 saturated carbocycles. The summed E-state index contributed by atoms with van der Waals surface area (Å²) in [6.07, 6.45) is 6.78. The third kappa shape index (κ3) is 3.25. The summed E-state index contributed by atoms with van der Waals surface area (Å²) in [5, 5.41) is 0. The van der Waals surface area contributed by atoms with Crippen molar-refractivity contribution in [3.63, 3.8) is 0 Å². The monoisotopic (exact) mass is 288 g/mol. The van der Waals surface area contributed by atoms with Gasteiger partial charge in [-0.15, -0.1) is 0 Å². The van der Waals surface area contributed by atoms with Gasteiger partial charge in [-0.1, -0.05) is 12.2 Å². The van der Waals surface area contributed by atoms with E-state index in [0.717, 1.165) is 5.56 Å². The summed E-state index contributed by atoms with van der Waals surface area (Å²) in [6.45, 7) is 0. The molecular formula is C16H16O5. The van der Waals surface area contributed by atoms with Crippen LogP contribution in [-0.4, -0.2) is 27.3 Å². The van der Waals surface area contributed by atoms with Gasteiger partial charge in [0.2, 0.25) is 0 Å². The van der Waals surface area contributed by atoms with Gasteiger partial charge in [-0.05, 0) is 17.7 Å². The highest BCUT2D eigenvalue weighted by Crippen LogP contribution is 2.30. The molecule has 1 heterocycles. The molecule has 5 nitrogen and oxygen atoms in total. The summed E-state index contributed by atoms with van der Waals surface area (Å²) in [5.41, 5.74) is 1.87. The number of carbonyl (C=O) groups excluding carboxylic acids is 1. The molecule has 0 radical (unpaired) electrons. The first-order chi connectivity index (χ1) is 10.2.